The summed E-state index contributed by atoms with van der Waals surface area (Å²) < 4.78 is 0. The Morgan fingerprint density at radius 1 is 1.06 bits per heavy atom. The van der Waals surface area contributed by atoms with Crippen LogP contribution in [0.15, 0.2) is 0 Å². The van der Waals surface area contributed by atoms with Crippen LogP contribution in [-0.4, -0.2) is 72.2 Å². The molecule has 0 radical (unpaired) electrons. The zero-order valence-corrected chi connectivity index (χ0v) is 9.59. The molecule has 2 aliphatic heterocycles. The van der Waals surface area contributed by atoms with Crippen molar-refractivity contribution in [2.45, 2.75) is 0 Å². The third-order valence-electron chi connectivity index (χ3n) is 3.41. The molecule has 0 spiro atoms. The fourth-order valence-electron chi connectivity index (χ4n) is 2.59. The van der Waals surface area contributed by atoms with E-state index in [2.05, 4.69) is 0 Å². The third kappa shape index (κ3) is 1.79. The molecule has 0 bridgehead atoms. The fraction of sp³-hybridized carbons (Fsp3) is 0.800. The maximum atomic E-state index is 11.7. The highest BCUT2D eigenvalue weighted by molar-refractivity contribution is 5.74. The minimum absolute atomic E-state index is 0.0243. The van der Waals surface area contributed by atoms with Crippen molar-refractivity contribution in [2.24, 2.45) is 11.8 Å². The maximum Gasteiger partial charge on any atom is 0.407 e. The normalized spacial score (nSPS) is 28.1. The number of amides is 3. The first kappa shape index (κ1) is 11.0. The molecule has 3 amide bonds. The van der Waals surface area contributed by atoms with E-state index in [9.17, 15) is 9.59 Å². The van der Waals surface area contributed by atoms with Gasteiger partial charge in [0.15, 0.2) is 0 Å². The number of carbonyl (C=O) groups excluding carboxylic acids is 1. The highest BCUT2D eigenvalue weighted by atomic mass is 16.4. The zero-order chi connectivity index (χ0) is 11.9. The molecule has 0 aromatic heterocycles. The van der Waals surface area contributed by atoms with Crippen molar-refractivity contribution in [1.29, 1.82) is 0 Å². The van der Waals surface area contributed by atoms with E-state index < -0.39 is 6.09 Å². The minimum atomic E-state index is -0.847. The number of urea groups is 1. The van der Waals surface area contributed by atoms with Crippen molar-refractivity contribution < 1.29 is 14.7 Å². The molecule has 2 fully saturated rings. The van der Waals surface area contributed by atoms with Gasteiger partial charge in [0.2, 0.25) is 0 Å². The van der Waals surface area contributed by atoms with Gasteiger partial charge in [-0.3, -0.25) is 0 Å². The summed E-state index contributed by atoms with van der Waals surface area (Å²) in [7, 11) is 3.47. The van der Waals surface area contributed by atoms with Crippen LogP contribution in [0.25, 0.3) is 0 Å². The zero-order valence-electron chi connectivity index (χ0n) is 9.59. The van der Waals surface area contributed by atoms with Crippen LogP contribution in [0.1, 0.15) is 0 Å². The number of carbonyl (C=O) groups is 2. The molecule has 2 atom stereocenters. The fourth-order valence-corrected chi connectivity index (χ4v) is 2.59. The van der Waals surface area contributed by atoms with E-state index in [1.165, 1.54) is 4.90 Å². The smallest absolute Gasteiger partial charge is 0.407 e. The van der Waals surface area contributed by atoms with Crippen molar-refractivity contribution >= 4 is 12.1 Å². The van der Waals surface area contributed by atoms with Crippen LogP contribution in [0.3, 0.4) is 0 Å². The summed E-state index contributed by atoms with van der Waals surface area (Å²) >= 11 is 0. The second-order valence-corrected chi connectivity index (χ2v) is 4.79. The average Bonchev–Trinajstić information content (AvgIpc) is 2.72. The lowest BCUT2D eigenvalue weighted by Crippen LogP contribution is -2.40. The average molecular weight is 227 g/mol. The quantitative estimate of drug-likeness (QED) is 0.643. The van der Waals surface area contributed by atoms with Crippen molar-refractivity contribution in [2.75, 3.05) is 40.3 Å². The minimum Gasteiger partial charge on any atom is -0.465 e. The molecular formula is C10H17N3O3. The van der Waals surface area contributed by atoms with Crippen molar-refractivity contribution in [3.05, 3.63) is 0 Å². The number of nitrogens with zero attached hydrogens (tertiary/aromatic N) is 3. The van der Waals surface area contributed by atoms with Crippen LogP contribution in [-0.2, 0) is 0 Å². The SMILES string of the molecule is CN(C)C(=O)N1C[C@H]2CN(C(=O)O)C[C@H]2C1. The van der Waals surface area contributed by atoms with Crippen LogP contribution in [0.2, 0.25) is 0 Å². The number of fused-ring (bicyclic) bond motifs is 1. The monoisotopic (exact) mass is 227 g/mol. The molecule has 2 saturated heterocycles. The largest absolute Gasteiger partial charge is 0.465 e. The van der Waals surface area contributed by atoms with Gasteiger partial charge in [-0.15, -0.1) is 0 Å². The Hall–Kier alpha value is -1.46. The van der Waals surface area contributed by atoms with Gasteiger partial charge in [-0.25, -0.2) is 9.59 Å². The number of hydrogen-bond acceptors (Lipinski definition) is 2. The molecule has 16 heavy (non-hydrogen) atoms. The second kappa shape index (κ2) is 3.84. The summed E-state index contributed by atoms with van der Waals surface area (Å²) in [6.07, 6.45) is -0.847. The van der Waals surface area contributed by atoms with Crippen molar-refractivity contribution in [3.63, 3.8) is 0 Å². The second-order valence-electron chi connectivity index (χ2n) is 4.79. The first-order valence-corrected chi connectivity index (χ1v) is 5.43. The summed E-state index contributed by atoms with van der Waals surface area (Å²) in [5.41, 5.74) is 0. The Labute approximate surface area is 94.4 Å². The molecule has 1 N–H and O–H groups in total. The lowest BCUT2D eigenvalue weighted by molar-refractivity contribution is 0.147. The Morgan fingerprint density at radius 3 is 1.88 bits per heavy atom. The molecule has 6 heteroatoms. The van der Waals surface area contributed by atoms with Crippen LogP contribution < -0.4 is 0 Å². The van der Waals surface area contributed by atoms with Crippen LogP contribution >= 0.6 is 0 Å². The Kier molecular flexibility index (Phi) is 2.65. The first-order valence-electron chi connectivity index (χ1n) is 5.43. The van der Waals surface area contributed by atoms with Gasteiger partial charge in [0.1, 0.15) is 0 Å². The van der Waals surface area contributed by atoms with Gasteiger partial charge in [0, 0.05) is 52.1 Å². The predicted octanol–water partition coefficient (Wildman–Crippen LogP) is 0.210. The van der Waals surface area contributed by atoms with E-state index in [0.717, 1.165) is 0 Å². The van der Waals surface area contributed by atoms with Crippen molar-refractivity contribution in [3.8, 4) is 0 Å². The molecular weight excluding hydrogens is 210 g/mol. The molecule has 90 valence electrons. The summed E-state index contributed by atoms with van der Waals surface area (Å²) in [5, 5.41) is 8.87. The molecule has 6 nitrogen and oxygen atoms in total. The van der Waals surface area contributed by atoms with E-state index in [0.29, 0.717) is 38.0 Å². The van der Waals surface area contributed by atoms with E-state index in [4.69, 9.17) is 5.11 Å². The molecule has 0 saturated carbocycles. The van der Waals surface area contributed by atoms with Gasteiger partial charge < -0.3 is 19.8 Å². The third-order valence-corrected chi connectivity index (χ3v) is 3.41. The molecule has 0 aromatic rings. The van der Waals surface area contributed by atoms with Gasteiger partial charge in [0.05, 0.1) is 0 Å². The summed E-state index contributed by atoms with van der Waals surface area (Å²) in [6.45, 7) is 2.51. The van der Waals surface area contributed by atoms with E-state index in [1.54, 1.807) is 19.0 Å². The molecule has 0 aromatic carbocycles. The molecule has 2 aliphatic rings. The molecule has 0 aliphatic carbocycles. The first-order chi connectivity index (χ1) is 7.49. The van der Waals surface area contributed by atoms with Crippen LogP contribution in [0, 0.1) is 11.8 Å². The summed E-state index contributed by atoms with van der Waals surface area (Å²) in [5.74, 6) is 0.639. The summed E-state index contributed by atoms with van der Waals surface area (Å²) in [4.78, 5) is 27.3. The van der Waals surface area contributed by atoms with E-state index in [1.807, 2.05) is 4.90 Å². The number of rotatable bonds is 0. The van der Waals surface area contributed by atoms with Gasteiger partial charge in [-0.1, -0.05) is 0 Å². The van der Waals surface area contributed by atoms with Gasteiger partial charge in [0.25, 0.3) is 0 Å². The highest BCUT2D eigenvalue weighted by Gasteiger charge is 2.43. The topological polar surface area (TPSA) is 64.1 Å². The standard InChI is InChI=1S/C10H17N3O3/c1-11(2)9(14)12-3-7-5-13(10(15)16)6-8(7)4-12/h7-8H,3-6H2,1-2H3,(H,15,16)/t7-,8+. The van der Waals surface area contributed by atoms with Gasteiger partial charge in [-0.2, -0.15) is 0 Å². The van der Waals surface area contributed by atoms with E-state index in [-0.39, 0.29) is 6.03 Å². The predicted molar refractivity (Wildman–Crippen MR) is 57.2 cm³/mol. The van der Waals surface area contributed by atoms with Gasteiger partial charge >= 0.3 is 12.1 Å². The number of hydrogen-bond donors (Lipinski definition) is 1. The Bertz CT molecular complexity index is 304. The van der Waals surface area contributed by atoms with E-state index >= 15 is 0 Å². The Morgan fingerprint density at radius 2 is 1.50 bits per heavy atom. The van der Waals surface area contributed by atoms with Crippen LogP contribution in [0.4, 0.5) is 9.59 Å². The maximum absolute atomic E-state index is 11.7. The highest BCUT2D eigenvalue weighted by Crippen LogP contribution is 2.31. The summed E-state index contributed by atoms with van der Waals surface area (Å²) in [6, 6.07) is 0.0243. The molecule has 0 unspecified atom stereocenters. The Balaban J connectivity index is 1.93. The molecule has 2 heterocycles. The lowest BCUT2D eigenvalue weighted by atomic mass is 10.0. The number of carboxylic acid groups (broad SMARTS) is 1. The molecule has 2 rings (SSSR count). The van der Waals surface area contributed by atoms with Crippen LogP contribution in [0.5, 0.6) is 0 Å². The lowest BCUT2D eigenvalue weighted by Gasteiger charge is -2.23. The van der Waals surface area contributed by atoms with Gasteiger partial charge in [-0.05, 0) is 0 Å². The van der Waals surface area contributed by atoms with Crippen molar-refractivity contribution in [1.82, 2.24) is 14.7 Å². The number of likely N-dealkylation sites (tertiary alicyclic amines) is 2.